The Morgan fingerprint density at radius 1 is 1.03 bits per heavy atom. The van der Waals surface area contributed by atoms with Crippen LogP contribution in [0.4, 0.5) is 5.82 Å². The highest BCUT2D eigenvalue weighted by atomic mass is 32.2. The molecule has 0 saturated heterocycles. The van der Waals surface area contributed by atoms with Gasteiger partial charge in [-0.25, -0.2) is 18.4 Å². The van der Waals surface area contributed by atoms with E-state index in [0.29, 0.717) is 0 Å². The molecular weight excluding hydrogens is 390 g/mol. The van der Waals surface area contributed by atoms with Crippen LogP contribution in [-0.2, 0) is 16.6 Å². The van der Waals surface area contributed by atoms with Gasteiger partial charge in [0.1, 0.15) is 12.4 Å². The van der Waals surface area contributed by atoms with Crippen molar-refractivity contribution in [3.63, 3.8) is 0 Å². The first kappa shape index (κ1) is 20.6. The number of ether oxygens (including phenoxy) is 2. The van der Waals surface area contributed by atoms with E-state index in [2.05, 4.69) is 14.7 Å². The first-order valence-electron chi connectivity index (χ1n) is 9.12. The van der Waals surface area contributed by atoms with Crippen LogP contribution in [0.25, 0.3) is 0 Å². The van der Waals surface area contributed by atoms with E-state index in [1.54, 1.807) is 12.1 Å². The first-order valence-corrected chi connectivity index (χ1v) is 10.6. The Morgan fingerprint density at radius 3 is 2.48 bits per heavy atom. The molecule has 8 heteroatoms. The lowest BCUT2D eigenvalue weighted by atomic mass is 10.2. The third-order valence-electron chi connectivity index (χ3n) is 3.87. The molecule has 0 aliphatic heterocycles. The van der Waals surface area contributed by atoms with Crippen LogP contribution in [-0.4, -0.2) is 24.5 Å². The molecule has 0 saturated carbocycles. The standard InChI is InChI=1S/C21H23N3O4S/c1-15(2)28-18-6-4-5-17(13-18)14-27-21-20(22-11-12-23-21)24-29(25,26)19-9-7-16(3)8-10-19/h4-13,15H,14H2,1-3H3,(H,22,24). The highest BCUT2D eigenvalue weighted by Crippen LogP contribution is 2.23. The summed E-state index contributed by atoms with van der Waals surface area (Å²) in [6.07, 6.45) is 2.91. The second-order valence-corrected chi connectivity index (χ2v) is 8.41. The van der Waals surface area contributed by atoms with E-state index < -0.39 is 10.0 Å². The van der Waals surface area contributed by atoms with E-state index in [4.69, 9.17) is 9.47 Å². The molecule has 0 aliphatic carbocycles. The van der Waals surface area contributed by atoms with Gasteiger partial charge in [0.05, 0.1) is 11.0 Å². The molecule has 1 heterocycles. The molecule has 3 rings (SSSR count). The molecule has 29 heavy (non-hydrogen) atoms. The molecule has 2 aromatic carbocycles. The van der Waals surface area contributed by atoms with Crippen molar-refractivity contribution in [2.45, 2.75) is 38.4 Å². The number of hydrogen-bond donors (Lipinski definition) is 1. The van der Waals surface area contributed by atoms with E-state index >= 15 is 0 Å². The Kier molecular flexibility index (Phi) is 6.33. The van der Waals surface area contributed by atoms with Gasteiger partial charge in [0, 0.05) is 12.4 Å². The zero-order valence-electron chi connectivity index (χ0n) is 16.5. The van der Waals surface area contributed by atoms with Crippen molar-refractivity contribution < 1.29 is 17.9 Å². The molecule has 0 fully saturated rings. The van der Waals surface area contributed by atoms with Crippen LogP contribution in [0.15, 0.2) is 65.8 Å². The van der Waals surface area contributed by atoms with Crippen LogP contribution in [0.1, 0.15) is 25.0 Å². The number of nitrogens with one attached hydrogen (secondary N) is 1. The Morgan fingerprint density at radius 2 is 1.76 bits per heavy atom. The second kappa shape index (κ2) is 8.91. The molecular formula is C21H23N3O4S. The average molecular weight is 413 g/mol. The fourth-order valence-corrected chi connectivity index (χ4v) is 3.54. The van der Waals surface area contributed by atoms with Gasteiger partial charge in [0.25, 0.3) is 15.9 Å². The smallest absolute Gasteiger partial charge is 0.263 e. The lowest BCUT2D eigenvalue weighted by Crippen LogP contribution is -2.15. The zero-order chi connectivity index (χ0) is 20.9. The Balaban J connectivity index is 1.75. The molecule has 0 bridgehead atoms. The van der Waals surface area contributed by atoms with Crippen LogP contribution in [0.5, 0.6) is 11.6 Å². The third-order valence-corrected chi connectivity index (χ3v) is 5.23. The van der Waals surface area contributed by atoms with Gasteiger partial charge in [0.15, 0.2) is 0 Å². The lowest BCUT2D eigenvalue weighted by Gasteiger charge is -2.13. The normalized spacial score (nSPS) is 11.3. The van der Waals surface area contributed by atoms with Crippen LogP contribution in [0, 0.1) is 6.92 Å². The van der Waals surface area contributed by atoms with Crippen molar-refractivity contribution in [2.24, 2.45) is 0 Å². The zero-order valence-corrected chi connectivity index (χ0v) is 17.3. The van der Waals surface area contributed by atoms with Gasteiger partial charge in [-0.15, -0.1) is 0 Å². The average Bonchev–Trinajstić information content (AvgIpc) is 2.67. The van der Waals surface area contributed by atoms with Crippen molar-refractivity contribution in [3.8, 4) is 11.6 Å². The van der Waals surface area contributed by atoms with Crippen LogP contribution >= 0.6 is 0 Å². The number of aryl methyl sites for hydroxylation is 1. The Hall–Kier alpha value is -3.13. The van der Waals surface area contributed by atoms with E-state index in [1.807, 2.05) is 45.0 Å². The van der Waals surface area contributed by atoms with Gasteiger partial charge in [-0.05, 0) is 50.6 Å². The SMILES string of the molecule is Cc1ccc(S(=O)(=O)Nc2nccnc2OCc2cccc(OC(C)C)c2)cc1. The van der Waals surface area contributed by atoms with Crippen molar-refractivity contribution in [3.05, 3.63) is 72.1 Å². The van der Waals surface area contributed by atoms with Gasteiger partial charge >= 0.3 is 0 Å². The van der Waals surface area contributed by atoms with Crippen LogP contribution < -0.4 is 14.2 Å². The summed E-state index contributed by atoms with van der Waals surface area (Å²) in [4.78, 5) is 8.32. The van der Waals surface area contributed by atoms with Crippen molar-refractivity contribution >= 4 is 15.8 Å². The Bertz CT molecular complexity index is 1070. The van der Waals surface area contributed by atoms with Gasteiger partial charge in [-0.3, -0.25) is 4.72 Å². The summed E-state index contributed by atoms with van der Waals surface area (Å²) in [6, 6.07) is 14.0. The summed E-state index contributed by atoms with van der Waals surface area (Å²) in [7, 11) is -3.81. The molecule has 0 aliphatic rings. The third kappa shape index (κ3) is 5.68. The minimum absolute atomic E-state index is 0.0302. The molecule has 0 radical (unpaired) electrons. The maximum atomic E-state index is 12.6. The largest absolute Gasteiger partial charge is 0.491 e. The number of sulfonamides is 1. The number of hydrogen-bond acceptors (Lipinski definition) is 6. The molecule has 0 unspecified atom stereocenters. The summed E-state index contributed by atoms with van der Waals surface area (Å²) in [5.41, 5.74) is 1.83. The van der Waals surface area contributed by atoms with Crippen molar-refractivity contribution in [2.75, 3.05) is 4.72 Å². The van der Waals surface area contributed by atoms with Crippen LogP contribution in [0.2, 0.25) is 0 Å². The molecule has 7 nitrogen and oxygen atoms in total. The molecule has 0 atom stereocenters. The van der Waals surface area contributed by atoms with Gasteiger partial charge < -0.3 is 9.47 Å². The molecule has 0 spiro atoms. The summed E-state index contributed by atoms with van der Waals surface area (Å²) in [5.74, 6) is 0.863. The quantitative estimate of drug-likeness (QED) is 0.601. The van der Waals surface area contributed by atoms with E-state index in [-0.39, 0.29) is 29.3 Å². The predicted molar refractivity (Wildman–Crippen MR) is 111 cm³/mol. The van der Waals surface area contributed by atoms with Crippen molar-refractivity contribution in [1.82, 2.24) is 9.97 Å². The molecule has 0 amide bonds. The van der Waals surface area contributed by atoms with Crippen LogP contribution in [0.3, 0.4) is 0 Å². The maximum absolute atomic E-state index is 12.6. The highest BCUT2D eigenvalue weighted by Gasteiger charge is 2.18. The fourth-order valence-electron chi connectivity index (χ4n) is 2.54. The summed E-state index contributed by atoms with van der Waals surface area (Å²) >= 11 is 0. The summed E-state index contributed by atoms with van der Waals surface area (Å²) in [5, 5.41) is 0. The molecule has 1 N–H and O–H groups in total. The first-order chi connectivity index (χ1) is 13.8. The van der Waals surface area contributed by atoms with E-state index in [9.17, 15) is 8.42 Å². The monoisotopic (exact) mass is 413 g/mol. The molecule has 3 aromatic rings. The molecule has 152 valence electrons. The van der Waals surface area contributed by atoms with E-state index in [1.165, 1.54) is 24.5 Å². The number of aromatic nitrogens is 2. The summed E-state index contributed by atoms with van der Waals surface area (Å²) in [6.45, 7) is 5.98. The highest BCUT2D eigenvalue weighted by molar-refractivity contribution is 7.92. The van der Waals surface area contributed by atoms with Gasteiger partial charge in [-0.2, -0.15) is 0 Å². The van der Waals surface area contributed by atoms with Crippen molar-refractivity contribution in [1.29, 1.82) is 0 Å². The lowest BCUT2D eigenvalue weighted by molar-refractivity contribution is 0.241. The van der Waals surface area contributed by atoms with Gasteiger partial charge in [0.2, 0.25) is 5.82 Å². The number of rotatable bonds is 8. The summed E-state index contributed by atoms with van der Waals surface area (Å²) < 4.78 is 39.1. The minimum atomic E-state index is -3.81. The fraction of sp³-hybridized carbons (Fsp3) is 0.238. The number of nitrogens with zero attached hydrogens (tertiary/aromatic N) is 2. The molecule has 1 aromatic heterocycles. The topological polar surface area (TPSA) is 90.4 Å². The maximum Gasteiger partial charge on any atom is 0.263 e. The number of benzene rings is 2. The predicted octanol–water partition coefficient (Wildman–Crippen LogP) is 3.95. The second-order valence-electron chi connectivity index (χ2n) is 6.73. The van der Waals surface area contributed by atoms with Gasteiger partial charge in [-0.1, -0.05) is 29.8 Å². The minimum Gasteiger partial charge on any atom is -0.491 e. The Labute approximate surface area is 170 Å². The van der Waals surface area contributed by atoms with E-state index in [0.717, 1.165) is 16.9 Å². The number of anilines is 1.